The molecule has 1 fully saturated rings. The maximum absolute atomic E-state index is 13.2. The lowest BCUT2D eigenvalue weighted by Crippen LogP contribution is -2.42. The molecule has 0 aliphatic carbocycles. The van der Waals surface area contributed by atoms with Gasteiger partial charge in [-0.25, -0.2) is 9.50 Å². The molecule has 1 amide bonds. The first kappa shape index (κ1) is 20.6. The summed E-state index contributed by atoms with van der Waals surface area (Å²) in [6, 6.07) is 13.7. The highest BCUT2D eigenvalue weighted by Gasteiger charge is 2.29. The number of halogens is 1. The van der Waals surface area contributed by atoms with Gasteiger partial charge in [0.2, 0.25) is 0 Å². The number of nitrogens with zero attached hydrogens (tertiary/aromatic N) is 5. The average molecular weight is 448 g/mol. The van der Waals surface area contributed by atoms with E-state index in [-0.39, 0.29) is 12.0 Å². The van der Waals surface area contributed by atoms with Gasteiger partial charge in [0, 0.05) is 36.1 Å². The molecule has 1 aromatic carbocycles. The number of carbonyl (C=O) groups excluding carboxylic acids is 1. The van der Waals surface area contributed by atoms with E-state index in [9.17, 15) is 4.79 Å². The quantitative estimate of drug-likeness (QED) is 0.474. The normalized spacial score (nSPS) is 16.4. The van der Waals surface area contributed by atoms with Crippen LogP contribution in [-0.4, -0.2) is 50.1 Å². The number of morpholine rings is 1. The van der Waals surface area contributed by atoms with Gasteiger partial charge in [0.25, 0.3) is 5.91 Å². The molecule has 0 radical (unpaired) electrons. The van der Waals surface area contributed by atoms with Gasteiger partial charge in [0.15, 0.2) is 5.65 Å². The molecule has 162 valence electrons. The second-order valence-electron chi connectivity index (χ2n) is 7.93. The van der Waals surface area contributed by atoms with Crippen molar-refractivity contribution in [1.82, 2.24) is 24.5 Å². The number of benzene rings is 1. The first-order valence-corrected chi connectivity index (χ1v) is 10.9. The van der Waals surface area contributed by atoms with Gasteiger partial charge in [0.1, 0.15) is 11.7 Å². The number of carbonyl (C=O) groups is 1. The molecule has 0 bridgehead atoms. The van der Waals surface area contributed by atoms with Crippen molar-refractivity contribution in [2.45, 2.75) is 19.4 Å². The van der Waals surface area contributed by atoms with Crippen LogP contribution in [0.25, 0.3) is 5.65 Å². The fourth-order valence-electron chi connectivity index (χ4n) is 3.93. The summed E-state index contributed by atoms with van der Waals surface area (Å²) in [5.74, 6) is -0.0975. The molecule has 1 aliphatic rings. The predicted octanol–water partition coefficient (Wildman–Crippen LogP) is 3.89. The Bertz CT molecular complexity index is 1290. The predicted molar refractivity (Wildman–Crippen MR) is 121 cm³/mol. The van der Waals surface area contributed by atoms with Gasteiger partial charge in [-0.15, -0.1) is 0 Å². The van der Waals surface area contributed by atoms with Crippen LogP contribution in [-0.2, 0) is 11.2 Å². The van der Waals surface area contributed by atoms with E-state index in [2.05, 4.69) is 10.1 Å². The average Bonchev–Trinajstić information content (AvgIpc) is 3.22. The summed E-state index contributed by atoms with van der Waals surface area (Å²) in [6.07, 6.45) is 5.57. The van der Waals surface area contributed by atoms with E-state index in [1.807, 2.05) is 55.6 Å². The fourth-order valence-corrected chi connectivity index (χ4v) is 4.15. The Kier molecular flexibility index (Phi) is 5.59. The minimum Gasteiger partial charge on any atom is -0.368 e. The molecule has 1 atom stereocenters. The number of pyridine rings is 1. The van der Waals surface area contributed by atoms with E-state index in [1.165, 1.54) is 0 Å². The number of fused-ring (bicyclic) bond motifs is 1. The van der Waals surface area contributed by atoms with Crippen molar-refractivity contribution in [3.05, 3.63) is 94.2 Å². The Morgan fingerprint density at radius 1 is 1.22 bits per heavy atom. The van der Waals surface area contributed by atoms with Crippen LogP contribution in [0.4, 0.5) is 0 Å². The lowest BCUT2D eigenvalue weighted by Gasteiger charge is -2.32. The summed E-state index contributed by atoms with van der Waals surface area (Å²) < 4.78 is 7.62. The van der Waals surface area contributed by atoms with Gasteiger partial charge >= 0.3 is 0 Å². The van der Waals surface area contributed by atoms with Gasteiger partial charge in [-0.05, 0) is 42.3 Å². The number of rotatable bonds is 4. The Morgan fingerprint density at radius 2 is 2.09 bits per heavy atom. The lowest BCUT2D eigenvalue weighted by atomic mass is 10.1. The highest BCUT2D eigenvalue weighted by Crippen LogP contribution is 2.24. The van der Waals surface area contributed by atoms with E-state index >= 15 is 0 Å². The zero-order valence-corrected chi connectivity index (χ0v) is 18.4. The Morgan fingerprint density at radius 3 is 2.97 bits per heavy atom. The number of ether oxygens (including phenoxy) is 1. The Balaban J connectivity index is 1.34. The van der Waals surface area contributed by atoms with Crippen LogP contribution < -0.4 is 0 Å². The number of amides is 1. The molecule has 0 unspecified atom stereocenters. The van der Waals surface area contributed by atoms with Crippen molar-refractivity contribution >= 4 is 23.2 Å². The number of hydrogen-bond acceptors (Lipinski definition) is 5. The molecule has 3 aromatic heterocycles. The van der Waals surface area contributed by atoms with Crippen LogP contribution in [0.15, 0.2) is 61.1 Å². The van der Waals surface area contributed by atoms with E-state index in [0.29, 0.717) is 42.4 Å². The van der Waals surface area contributed by atoms with Gasteiger partial charge in [0.05, 0.1) is 25.0 Å². The molecule has 0 spiro atoms. The molecule has 1 saturated heterocycles. The molecule has 5 rings (SSSR count). The molecule has 32 heavy (non-hydrogen) atoms. The zero-order chi connectivity index (χ0) is 22.1. The number of aromatic nitrogens is 4. The summed E-state index contributed by atoms with van der Waals surface area (Å²) in [5.41, 5.74) is 4.88. The van der Waals surface area contributed by atoms with Crippen LogP contribution in [0.3, 0.4) is 0 Å². The van der Waals surface area contributed by atoms with Crippen LogP contribution in [0.1, 0.15) is 39.0 Å². The van der Waals surface area contributed by atoms with Crippen molar-refractivity contribution in [1.29, 1.82) is 0 Å². The summed E-state index contributed by atoms with van der Waals surface area (Å²) >= 11 is 6.11. The molecule has 0 N–H and O–H groups in total. The van der Waals surface area contributed by atoms with Crippen LogP contribution in [0, 0.1) is 6.92 Å². The second-order valence-corrected chi connectivity index (χ2v) is 8.37. The maximum atomic E-state index is 13.2. The van der Waals surface area contributed by atoms with E-state index in [1.54, 1.807) is 21.8 Å². The summed E-state index contributed by atoms with van der Waals surface area (Å²) in [5, 5.41) is 4.99. The highest BCUT2D eigenvalue weighted by molar-refractivity contribution is 6.30. The third-order valence-electron chi connectivity index (χ3n) is 5.50. The molecule has 4 aromatic rings. The van der Waals surface area contributed by atoms with Gasteiger partial charge in [-0.2, -0.15) is 5.10 Å². The van der Waals surface area contributed by atoms with E-state index in [4.69, 9.17) is 21.3 Å². The molecule has 4 heterocycles. The molecule has 1 aliphatic heterocycles. The molecular formula is C24H22ClN5O2. The molecule has 7 nitrogen and oxygen atoms in total. The SMILES string of the molecule is Cc1cnc2c(C(=O)N3CCO[C@H](c4cccc(Cc5cccc(Cl)c5)n4)C3)cnn2c1. The van der Waals surface area contributed by atoms with Gasteiger partial charge in [-0.3, -0.25) is 9.78 Å². The lowest BCUT2D eigenvalue weighted by molar-refractivity contribution is -0.0247. The monoisotopic (exact) mass is 447 g/mol. The van der Waals surface area contributed by atoms with Crippen molar-refractivity contribution in [2.24, 2.45) is 0 Å². The third-order valence-corrected chi connectivity index (χ3v) is 5.74. The van der Waals surface area contributed by atoms with Crippen LogP contribution in [0.2, 0.25) is 5.02 Å². The second kappa shape index (κ2) is 8.68. The van der Waals surface area contributed by atoms with Gasteiger partial charge < -0.3 is 9.64 Å². The number of aryl methyl sites for hydroxylation is 1. The van der Waals surface area contributed by atoms with E-state index in [0.717, 1.165) is 22.5 Å². The zero-order valence-electron chi connectivity index (χ0n) is 17.6. The minimum absolute atomic E-state index is 0.0975. The molecular weight excluding hydrogens is 426 g/mol. The number of hydrogen-bond donors (Lipinski definition) is 0. The summed E-state index contributed by atoms with van der Waals surface area (Å²) in [7, 11) is 0. The van der Waals surface area contributed by atoms with Gasteiger partial charge in [-0.1, -0.05) is 29.8 Å². The van der Waals surface area contributed by atoms with Crippen molar-refractivity contribution < 1.29 is 9.53 Å². The van der Waals surface area contributed by atoms with Crippen molar-refractivity contribution in [2.75, 3.05) is 19.7 Å². The highest BCUT2D eigenvalue weighted by atomic mass is 35.5. The Labute approximate surface area is 190 Å². The maximum Gasteiger partial charge on any atom is 0.259 e. The minimum atomic E-state index is -0.288. The summed E-state index contributed by atoms with van der Waals surface area (Å²) in [4.78, 5) is 24.2. The van der Waals surface area contributed by atoms with Crippen molar-refractivity contribution in [3.63, 3.8) is 0 Å². The fraction of sp³-hybridized carbons (Fsp3) is 0.250. The largest absolute Gasteiger partial charge is 0.368 e. The first-order chi connectivity index (χ1) is 15.6. The van der Waals surface area contributed by atoms with Crippen molar-refractivity contribution in [3.8, 4) is 0 Å². The standard InChI is InChI=1S/C24H22ClN5O2/c1-16-12-26-23-20(13-27-30(23)14-16)24(31)29-8-9-32-22(15-29)21-7-3-6-19(28-21)11-17-4-2-5-18(25)10-17/h2-7,10,12-14,22H,8-9,11,15H2,1H3/t22-/m0/s1. The first-order valence-electron chi connectivity index (χ1n) is 10.5. The smallest absolute Gasteiger partial charge is 0.259 e. The third kappa shape index (κ3) is 4.22. The molecule has 8 heteroatoms. The van der Waals surface area contributed by atoms with Crippen LogP contribution in [0.5, 0.6) is 0 Å². The van der Waals surface area contributed by atoms with Crippen LogP contribution >= 0.6 is 11.6 Å². The molecule has 0 saturated carbocycles. The summed E-state index contributed by atoms with van der Waals surface area (Å²) in [6.45, 7) is 3.33. The van der Waals surface area contributed by atoms with E-state index < -0.39 is 0 Å². The Hall–Kier alpha value is -3.29. The topological polar surface area (TPSA) is 72.6 Å².